The molecular weight excluding hydrogens is 263 g/mol. The predicted octanol–water partition coefficient (Wildman–Crippen LogP) is 1.99. The number of hydrogen-bond acceptors (Lipinski definition) is 6. The Labute approximate surface area is 105 Å². The summed E-state index contributed by atoms with van der Waals surface area (Å²) in [5, 5.41) is 2.64. The smallest absolute Gasteiger partial charge is 0.444 e. The van der Waals surface area contributed by atoms with Gasteiger partial charge in [-0.25, -0.2) is 15.0 Å². The van der Waals surface area contributed by atoms with Crippen LogP contribution in [0.3, 0.4) is 0 Å². The molecule has 0 atom stereocenters. The Balaban J connectivity index is 2.14. The second-order valence-electron chi connectivity index (χ2n) is 3.72. The van der Waals surface area contributed by atoms with E-state index in [9.17, 15) is 13.2 Å². The van der Waals surface area contributed by atoms with Gasteiger partial charge < -0.3 is 15.5 Å². The number of halogens is 3. The van der Waals surface area contributed by atoms with Gasteiger partial charge in [-0.3, -0.25) is 0 Å². The molecule has 0 bridgehead atoms. The van der Waals surface area contributed by atoms with Gasteiger partial charge >= 0.3 is 6.18 Å². The van der Waals surface area contributed by atoms with Crippen LogP contribution in [0.25, 0.3) is 0 Å². The van der Waals surface area contributed by atoms with Gasteiger partial charge in [-0.2, -0.15) is 13.2 Å². The SMILES string of the molecule is Cc1cnc(CNc2cc(N)nc(C(F)(F)F)n2)o1. The van der Waals surface area contributed by atoms with Crippen molar-refractivity contribution in [3.05, 3.63) is 29.7 Å². The zero-order valence-electron chi connectivity index (χ0n) is 9.82. The van der Waals surface area contributed by atoms with Gasteiger partial charge in [-0.05, 0) is 6.92 Å². The van der Waals surface area contributed by atoms with Crippen LogP contribution in [-0.2, 0) is 12.7 Å². The van der Waals surface area contributed by atoms with E-state index in [1.807, 2.05) is 0 Å². The quantitative estimate of drug-likeness (QED) is 0.888. The standard InChI is InChI=1S/C10H10F3N5O/c1-5-3-16-8(19-5)4-15-7-2-6(14)17-9(18-7)10(11,12)13/h2-3H,4H2,1H3,(H3,14,15,17,18). The molecule has 0 saturated carbocycles. The summed E-state index contributed by atoms with van der Waals surface area (Å²) in [6.45, 7) is 1.81. The third kappa shape index (κ3) is 3.33. The molecule has 0 aliphatic rings. The van der Waals surface area contributed by atoms with E-state index in [1.54, 1.807) is 6.92 Å². The number of nitrogens with zero attached hydrogens (tertiary/aromatic N) is 3. The van der Waals surface area contributed by atoms with Crippen molar-refractivity contribution in [1.82, 2.24) is 15.0 Å². The number of nitrogens with two attached hydrogens (primary N) is 1. The molecule has 2 heterocycles. The first-order chi connectivity index (χ1) is 8.84. The molecule has 0 spiro atoms. The minimum absolute atomic E-state index is 0.0457. The Kier molecular flexibility index (Phi) is 3.28. The first-order valence-corrected chi connectivity index (χ1v) is 5.21. The minimum atomic E-state index is -4.65. The van der Waals surface area contributed by atoms with Crippen LogP contribution in [0.5, 0.6) is 0 Å². The van der Waals surface area contributed by atoms with Crippen molar-refractivity contribution < 1.29 is 17.6 Å². The maximum atomic E-state index is 12.5. The summed E-state index contributed by atoms with van der Waals surface area (Å²) in [4.78, 5) is 10.4. The minimum Gasteiger partial charge on any atom is -0.444 e. The number of aryl methyl sites for hydroxylation is 1. The average molecular weight is 273 g/mol. The predicted molar refractivity (Wildman–Crippen MR) is 60.0 cm³/mol. The van der Waals surface area contributed by atoms with E-state index in [1.165, 1.54) is 12.3 Å². The van der Waals surface area contributed by atoms with Crippen LogP contribution in [0.2, 0.25) is 0 Å². The molecule has 0 amide bonds. The molecule has 0 radical (unpaired) electrons. The Morgan fingerprint density at radius 3 is 2.68 bits per heavy atom. The normalized spacial score (nSPS) is 11.6. The van der Waals surface area contributed by atoms with Crippen molar-refractivity contribution in [3.8, 4) is 0 Å². The molecule has 102 valence electrons. The molecule has 3 N–H and O–H groups in total. The lowest BCUT2D eigenvalue weighted by Gasteiger charge is -2.08. The van der Waals surface area contributed by atoms with E-state index in [0.29, 0.717) is 11.7 Å². The lowest BCUT2D eigenvalue weighted by atomic mass is 10.4. The lowest BCUT2D eigenvalue weighted by molar-refractivity contribution is -0.144. The summed E-state index contributed by atoms with van der Waals surface area (Å²) < 4.78 is 42.6. The van der Waals surface area contributed by atoms with Crippen molar-refractivity contribution in [2.24, 2.45) is 0 Å². The largest absolute Gasteiger partial charge is 0.451 e. The lowest BCUT2D eigenvalue weighted by Crippen LogP contribution is -2.14. The molecule has 0 fully saturated rings. The molecule has 0 aliphatic heterocycles. The van der Waals surface area contributed by atoms with Crippen molar-refractivity contribution >= 4 is 11.6 Å². The number of alkyl halides is 3. The molecule has 0 saturated heterocycles. The summed E-state index contributed by atoms with van der Waals surface area (Å²) in [6.07, 6.45) is -3.14. The van der Waals surface area contributed by atoms with Gasteiger partial charge in [-0.15, -0.1) is 0 Å². The fraction of sp³-hybridized carbons (Fsp3) is 0.300. The summed E-state index contributed by atoms with van der Waals surface area (Å²) in [6, 6.07) is 1.20. The number of nitrogens with one attached hydrogen (secondary N) is 1. The first-order valence-electron chi connectivity index (χ1n) is 5.21. The number of oxazole rings is 1. The van der Waals surface area contributed by atoms with E-state index >= 15 is 0 Å². The Hall–Kier alpha value is -2.32. The highest BCUT2D eigenvalue weighted by atomic mass is 19.4. The van der Waals surface area contributed by atoms with Crippen molar-refractivity contribution in [1.29, 1.82) is 0 Å². The van der Waals surface area contributed by atoms with Crippen LogP contribution >= 0.6 is 0 Å². The van der Waals surface area contributed by atoms with Crippen LogP contribution < -0.4 is 11.1 Å². The van der Waals surface area contributed by atoms with Gasteiger partial charge in [0.1, 0.15) is 17.4 Å². The second-order valence-corrected chi connectivity index (χ2v) is 3.72. The van der Waals surface area contributed by atoms with Crippen LogP contribution in [0, 0.1) is 6.92 Å². The molecule has 9 heteroatoms. The molecule has 0 aromatic carbocycles. The highest BCUT2D eigenvalue weighted by Gasteiger charge is 2.35. The zero-order chi connectivity index (χ0) is 14.0. The summed E-state index contributed by atoms with van der Waals surface area (Å²) in [7, 11) is 0. The number of anilines is 2. The topological polar surface area (TPSA) is 89.9 Å². The third-order valence-corrected chi connectivity index (χ3v) is 2.09. The van der Waals surface area contributed by atoms with E-state index in [4.69, 9.17) is 10.2 Å². The van der Waals surface area contributed by atoms with Crippen molar-refractivity contribution in [3.63, 3.8) is 0 Å². The fourth-order valence-corrected chi connectivity index (χ4v) is 1.33. The summed E-state index contributed by atoms with van der Waals surface area (Å²) in [5.74, 6) is -0.666. The van der Waals surface area contributed by atoms with Gasteiger partial charge in [0, 0.05) is 6.07 Å². The molecule has 19 heavy (non-hydrogen) atoms. The third-order valence-electron chi connectivity index (χ3n) is 2.09. The maximum Gasteiger partial charge on any atom is 0.451 e. The zero-order valence-corrected chi connectivity index (χ0v) is 9.82. The molecule has 2 rings (SSSR count). The van der Waals surface area contributed by atoms with Crippen LogP contribution in [-0.4, -0.2) is 15.0 Å². The van der Waals surface area contributed by atoms with Gasteiger partial charge in [0.05, 0.1) is 12.7 Å². The second kappa shape index (κ2) is 4.75. The Morgan fingerprint density at radius 1 is 1.37 bits per heavy atom. The molecule has 0 unspecified atom stereocenters. The van der Waals surface area contributed by atoms with Crippen LogP contribution in [0.4, 0.5) is 24.8 Å². The van der Waals surface area contributed by atoms with Crippen LogP contribution in [0.1, 0.15) is 17.5 Å². The maximum absolute atomic E-state index is 12.5. The highest BCUT2D eigenvalue weighted by Crippen LogP contribution is 2.27. The average Bonchev–Trinajstić information content (AvgIpc) is 2.71. The Morgan fingerprint density at radius 2 is 2.11 bits per heavy atom. The molecule has 2 aromatic rings. The fourth-order valence-electron chi connectivity index (χ4n) is 1.33. The van der Waals surface area contributed by atoms with Gasteiger partial charge in [0.15, 0.2) is 0 Å². The number of aromatic nitrogens is 3. The van der Waals surface area contributed by atoms with Crippen molar-refractivity contribution in [2.75, 3.05) is 11.1 Å². The monoisotopic (exact) mass is 273 g/mol. The molecular formula is C10H10F3N5O. The first kappa shape index (κ1) is 13.1. The van der Waals surface area contributed by atoms with Crippen molar-refractivity contribution in [2.45, 2.75) is 19.6 Å². The van der Waals surface area contributed by atoms with E-state index in [2.05, 4.69) is 20.3 Å². The van der Waals surface area contributed by atoms with Gasteiger partial charge in [-0.1, -0.05) is 0 Å². The summed E-state index contributed by atoms with van der Waals surface area (Å²) >= 11 is 0. The highest BCUT2D eigenvalue weighted by molar-refractivity contribution is 5.44. The van der Waals surface area contributed by atoms with Gasteiger partial charge in [0.2, 0.25) is 11.7 Å². The Bertz CT molecular complexity index is 581. The summed E-state index contributed by atoms with van der Waals surface area (Å²) in [5.41, 5.74) is 5.30. The molecule has 0 aliphatic carbocycles. The van der Waals surface area contributed by atoms with Gasteiger partial charge in [0.25, 0.3) is 0 Å². The number of rotatable bonds is 3. The number of hydrogen-bond donors (Lipinski definition) is 2. The molecule has 2 aromatic heterocycles. The van der Waals surface area contributed by atoms with Crippen LogP contribution in [0.15, 0.2) is 16.7 Å². The van der Waals surface area contributed by atoms with E-state index in [0.717, 1.165) is 0 Å². The van der Waals surface area contributed by atoms with E-state index < -0.39 is 12.0 Å². The molecule has 6 nitrogen and oxygen atoms in total. The number of nitrogen functional groups attached to an aromatic ring is 1. The van der Waals surface area contributed by atoms with E-state index in [-0.39, 0.29) is 18.2 Å².